The summed E-state index contributed by atoms with van der Waals surface area (Å²) in [5.41, 5.74) is 6.40. The number of nitrogens with two attached hydrogens (primary N) is 1. The summed E-state index contributed by atoms with van der Waals surface area (Å²) in [5.74, 6) is -1.16. The van der Waals surface area contributed by atoms with Crippen LogP contribution in [0.3, 0.4) is 0 Å². The first kappa shape index (κ1) is 12.8. The van der Waals surface area contributed by atoms with Crippen molar-refractivity contribution in [2.75, 3.05) is 5.73 Å². The van der Waals surface area contributed by atoms with E-state index in [0.717, 1.165) is 0 Å². The second-order valence-electron chi connectivity index (χ2n) is 2.39. The second-order valence-corrected chi connectivity index (χ2v) is 2.83. The van der Waals surface area contributed by atoms with Crippen LogP contribution < -0.4 is 40.4 Å². The summed E-state index contributed by atoms with van der Waals surface area (Å²) in [6, 6.07) is 4.70. The predicted molar refractivity (Wildman–Crippen MR) is 44.6 cm³/mol. The molecule has 2 N–H and O–H groups in total. The van der Waals surface area contributed by atoms with Crippen molar-refractivity contribution in [3.63, 3.8) is 0 Å². The molecule has 0 atom stereocenters. The molecule has 0 unspecified atom stereocenters. The van der Waals surface area contributed by atoms with Gasteiger partial charge in [-0.3, -0.25) is 0 Å². The van der Waals surface area contributed by atoms with Crippen LogP contribution in [0.25, 0.3) is 0 Å². The van der Waals surface area contributed by atoms with Crippen LogP contribution >= 0.6 is 11.6 Å². The smallest absolute Gasteiger partial charge is 0.550 e. The molecule has 1 aromatic carbocycles. The van der Waals surface area contributed by atoms with Gasteiger partial charge < -0.3 is 15.6 Å². The van der Waals surface area contributed by atoms with Crippen molar-refractivity contribution in [3.8, 4) is 0 Å². The van der Waals surface area contributed by atoms with Crippen molar-refractivity contribution in [2.45, 2.75) is 6.42 Å². The van der Waals surface area contributed by atoms with Crippen LogP contribution in [0.1, 0.15) is 5.56 Å². The molecule has 0 aliphatic rings. The summed E-state index contributed by atoms with van der Waals surface area (Å²) in [7, 11) is 0. The standard InChI is InChI=1S/C8H8ClNO2.Na/c9-6-1-2-7(10)5(3-6)4-8(11)12;/h1-3H,4,10H2,(H,11,12);/q;+1/p-1. The minimum atomic E-state index is -1.16. The van der Waals surface area contributed by atoms with E-state index in [0.29, 0.717) is 16.3 Å². The number of hydrogen-bond donors (Lipinski definition) is 1. The molecule has 0 aliphatic heterocycles. The zero-order valence-corrected chi connectivity index (χ0v) is 9.97. The Morgan fingerprint density at radius 3 is 2.69 bits per heavy atom. The van der Waals surface area contributed by atoms with Gasteiger partial charge in [-0.05, 0) is 23.8 Å². The van der Waals surface area contributed by atoms with Crippen LogP contribution in [0.5, 0.6) is 0 Å². The molecule has 0 fully saturated rings. The molecule has 1 rings (SSSR count). The minimum absolute atomic E-state index is 0. The monoisotopic (exact) mass is 207 g/mol. The first-order valence-electron chi connectivity index (χ1n) is 3.33. The molecule has 3 nitrogen and oxygen atoms in total. The van der Waals surface area contributed by atoms with E-state index < -0.39 is 5.97 Å². The summed E-state index contributed by atoms with van der Waals surface area (Å²) >= 11 is 5.63. The number of rotatable bonds is 2. The number of carboxylic acids is 1. The number of carbonyl (C=O) groups is 1. The van der Waals surface area contributed by atoms with Crippen LogP contribution in [-0.4, -0.2) is 5.97 Å². The molecule has 0 aliphatic carbocycles. The Kier molecular flexibility index (Phi) is 5.40. The molecule has 0 aromatic heterocycles. The SMILES string of the molecule is Nc1ccc(Cl)cc1CC(=O)[O-].[Na+]. The van der Waals surface area contributed by atoms with Gasteiger partial charge in [-0.1, -0.05) is 11.6 Å². The summed E-state index contributed by atoms with van der Waals surface area (Å²) < 4.78 is 0. The number of nitrogen functional groups attached to an aromatic ring is 1. The molecule has 0 bridgehead atoms. The Balaban J connectivity index is 0.00000144. The third kappa shape index (κ3) is 4.00. The van der Waals surface area contributed by atoms with Crippen molar-refractivity contribution in [3.05, 3.63) is 28.8 Å². The van der Waals surface area contributed by atoms with Gasteiger partial charge in [0.1, 0.15) is 0 Å². The van der Waals surface area contributed by atoms with Crippen LogP contribution in [0.4, 0.5) is 5.69 Å². The fraction of sp³-hybridized carbons (Fsp3) is 0.125. The number of carboxylic acid groups (broad SMARTS) is 1. The Labute approximate surface area is 103 Å². The van der Waals surface area contributed by atoms with E-state index in [1.165, 1.54) is 6.07 Å². The van der Waals surface area contributed by atoms with Gasteiger partial charge in [-0.25, -0.2) is 0 Å². The maximum absolute atomic E-state index is 10.2. The molecule has 0 heterocycles. The van der Waals surface area contributed by atoms with E-state index in [-0.39, 0.29) is 36.0 Å². The largest absolute Gasteiger partial charge is 1.00 e. The Morgan fingerprint density at radius 1 is 1.54 bits per heavy atom. The molecule has 13 heavy (non-hydrogen) atoms. The van der Waals surface area contributed by atoms with E-state index in [1.54, 1.807) is 12.1 Å². The number of aliphatic carboxylic acids is 1. The van der Waals surface area contributed by atoms with Crippen molar-refractivity contribution in [1.29, 1.82) is 0 Å². The van der Waals surface area contributed by atoms with Crippen LogP contribution in [0.15, 0.2) is 18.2 Å². The molecule has 1 aromatic rings. The Morgan fingerprint density at radius 2 is 2.15 bits per heavy atom. The van der Waals surface area contributed by atoms with E-state index in [9.17, 15) is 9.90 Å². The van der Waals surface area contributed by atoms with E-state index >= 15 is 0 Å². The number of halogens is 1. The van der Waals surface area contributed by atoms with E-state index in [2.05, 4.69) is 0 Å². The molecule has 0 saturated carbocycles. The number of anilines is 1. The van der Waals surface area contributed by atoms with Gasteiger partial charge in [0.2, 0.25) is 0 Å². The van der Waals surface area contributed by atoms with E-state index in [1.807, 2.05) is 0 Å². The van der Waals surface area contributed by atoms with Gasteiger partial charge >= 0.3 is 29.6 Å². The first-order chi connectivity index (χ1) is 5.59. The maximum atomic E-state index is 10.2. The summed E-state index contributed by atoms with van der Waals surface area (Å²) in [6.07, 6.45) is -0.202. The zero-order chi connectivity index (χ0) is 9.14. The van der Waals surface area contributed by atoms with E-state index in [4.69, 9.17) is 17.3 Å². The molecule has 0 spiro atoms. The molecule has 0 radical (unpaired) electrons. The van der Waals surface area contributed by atoms with Crippen molar-refractivity contribution in [2.24, 2.45) is 0 Å². The van der Waals surface area contributed by atoms with Gasteiger partial charge in [0.05, 0.1) is 0 Å². The molecule has 64 valence electrons. The van der Waals surface area contributed by atoms with Gasteiger partial charge in [-0.15, -0.1) is 0 Å². The average molecular weight is 208 g/mol. The second kappa shape index (κ2) is 5.50. The molecule has 5 heteroatoms. The molecular weight excluding hydrogens is 201 g/mol. The topological polar surface area (TPSA) is 66.2 Å². The first-order valence-corrected chi connectivity index (χ1v) is 3.71. The van der Waals surface area contributed by atoms with Crippen LogP contribution in [0, 0.1) is 0 Å². The van der Waals surface area contributed by atoms with Gasteiger partial charge in [0.25, 0.3) is 0 Å². The van der Waals surface area contributed by atoms with Crippen molar-refractivity contribution in [1.82, 2.24) is 0 Å². The normalized spacial score (nSPS) is 9.00. The molecule has 0 amide bonds. The molecular formula is C8H7ClNNaO2. The third-order valence-corrected chi connectivity index (χ3v) is 1.67. The summed E-state index contributed by atoms with van der Waals surface area (Å²) in [5, 5.41) is 10.7. The fourth-order valence-electron chi connectivity index (χ4n) is 0.883. The quantitative estimate of drug-likeness (QED) is 0.422. The average Bonchev–Trinajstić information content (AvgIpc) is 1.96. The van der Waals surface area contributed by atoms with Gasteiger partial charge in [0.15, 0.2) is 0 Å². The van der Waals surface area contributed by atoms with Crippen LogP contribution in [0.2, 0.25) is 5.02 Å². The van der Waals surface area contributed by atoms with Crippen LogP contribution in [-0.2, 0) is 11.2 Å². The minimum Gasteiger partial charge on any atom is -0.550 e. The summed E-state index contributed by atoms with van der Waals surface area (Å²) in [4.78, 5) is 10.2. The Hall–Kier alpha value is -0.220. The summed E-state index contributed by atoms with van der Waals surface area (Å²) in [6.45, 7) is 0. The van der Waals surface area contributed by atoms with Gasteiger partial charge in [-0.2, -0.15) is 0 Å². The van der Waals surface area contributed by atoms with Crippen molar-refractivity contribution < 1.29 is 39.5 Å². The number of carbonyl (C=O) groups excluding carboxylic acids is 1. The number of benzene rings is 1. The maximum Gasteiger partial charge on any atom is 1.00 e. The Bertz CT molecular complexity index is 317. The van der Waals surface area contributed by atoms with Gasteiger partial charge in [0, 0.05) is 23.1 Å². The molecule has 0 saturated heterocycles. The zero-order valence-electron chi connectivity index (χ0n) is 7.21. The fourth-order valence-corrected chi connectivity index (χ4v) is 1.08. The third-order valence-electron chi connectivity index (χ3n) is 1.44. The number of hydrogen-bond acceptors (Lipinski definition) is 3. The van der Waals surface area contributed by atoms with Crippen molar-refractivity contribution >= 4 is 23.3 Å². The predicted octanol–water partition coefficient (Wildman–Crippen LogP) is -2.78.